The van der Waals surface area contributed by atoms with Crippen LogP contribution < -0.4 is 15.5 Å². The average molecular weight is 492 g/mol. The van der Waals surface area contributed by atoms with E-state index in [4.69, 9.17) is 0 Å². The SMILES string of the molecule is Cc1sc(NC(=O)Cn2c3ccccc3c(=O)c3ccccc32)nc1-c1ccc(OC(F)F)cc1. The highest BCUT2D eigenvalue weighted by Crippen LogP contribution is 2.31. The zero-order valence-corrected chi connectivity index (χ0v) is 19.3. The number of aromatic nitrogens is 2. The monoisotopic (exact) mass is 491 g/mol. The van der Waals surface area contributed by atoms with Crippen LogP contribution in [0.3, 0.4) is 0 Å². The van der Waals surface area contributed by atoms with Gasteiger partial charge < -0.3 is 14.6 Å². The van der Waals surface area contributed by atoms with Gasteiger partial charge in [-0.05, 0) is 55.5 Å². The summed E-state index contributed by atoms with van der Waals surface area (Å²) in [5.74, 6) is -0.226. The molecule has 6 nitrogen and oxygen atoms in total. The van der Waals surface area contributed by atoms with Gasteiger partial charge in [0.05, 0.1) is 16.7 Å². The Morgan fingerprint density at radius 3 is 2.20 bits per heavy atom. The predicted octanol–water partition coefficient (Wildman–Crippen LogP) is 5.83. The lowest BCUT2D eigenvalue weighted by molar-refractivity contribution is -0.116. The van der Waals surface area contributed by atoms with E-state index in [1.54, 1.807) is 36.4 Å². The van der Waals surface area contributed by atoms with Crippen LogP contribution in [0.2, 0.25) is 0 Å². The Bertz CT molecular complexity index is 1550. The van der Waals surface area contributed by atoms with Crippen molar-refractivity contribution in [2.75, 3.05) is 5.32 Å². The van der Waals surface area contributed by atoms with Crippen molar-refractivity contribution in [3.05, 3.63) is 87.9 Å². The molecule has 5 aromatic rings. The van der Waals surface area contributed by atoms with Gasteiger partial charge in [0.1, 0.15) is 12.3 Å². The number of para-hydroxylation sites is 2. The van der Waals surface area contributed by atoms with E-state index in [1.807, 2.05) is 35.8 Å². The van der Waals surface area contributed by atoms with Gasteiger partial charge in [0.25, 0.3) is 0 Å². The summed E-state index contributed by atoms with van der Waals surface area (Å²) in [5, 5.41) is 4.36. The molecule has 2 aromatic heterocycles. The van der Waals surface area contributed by atoms with Crippen LogP contribution in [0.25, 0.3) is 33.1 Å². The quantitative estimate of drug-likeness (QED) is 0.304. The number of thiazole rings is 1. The molecule has 0 aliphatic rings. The van der Waals surface area contributed by atoms with Crippen LogP contribution in [0.1, 0.15) is 4.88 Å². The summed E-state index contributed by atoms with van der Waals surface area (Å²) in [6.07, 6.45) is 0. The summed E-state index contributed by atoms with van der Waals surface area (Å²) >= 11 is 1.32. The van der Waals surface area contributed by atoms with Gasteiger partial charge in [-0.1, -0.05) is 24.3 Å². The molecular formula is C26H19F2N3O3S. The number of nitrogens with one attached hydrogen (secondary N) is 1. The number of carbonyl (C=O) groups excluding carboxylic acids is 1. The minimum Gasteiger partial charge on any atom is -0.435 e. The summed E-state index contributed by atoms with van der Waals surface area (Å²) in [7, 11) is 0. The molecular weight excluding hydrogens is 472 g/mol. The number of benzene rings is 3. The summed E-state index contributed by atoms with van der Waals surface area (Å²) in [5.41, 5.74) is 2.64. The minimum absolute atomic E-state index is 0.00503. The standard InChI is InChI=1S/C26H19F2N3O3S/c1-15-23(16-10-12-17(13-11-16)34-25(27)28)30-26(35-15)29-22(32)14-31-20-8-4-2-6-18(20)24(33)19-7-3-5-9-21(19)31/h2-13,25H,14H2,1H3,(H,29,30,32). The van der Waals surface area contributed by atoms with Crippen LogP contribution in [0, 0.1) is 6.92 Å². The molecule has 0 unspecified atom stereocenters. The first-order valence-corrected chi connectivity index (χ1v) is 11.5. The summed E-state index contributed by atoms with van der Waals surface area (Å²) in [4.78, 5) is 31.3. The van der Waals surface area contributed by atoms with E-state index in [2.05, 4.69) is 15.0 Å². The van der Waals surface area contributed by atoms with Crippen LogP contribution in [0.5, 0.6) is 5.75 Å². The number of alkyl halides is 2. The molecule has 176 valence electrons. The normalized spacial score (nSPS) is 11.3. The average Bonchev–Trinajstić information content (AvgIpc) is 3.21. The number of anilines is 1. The second kappa shape index (κ2) is 9.27. The van der Waals surface area contributed by atoms with Crippen molar-refractivity contribution in [2.24, 2.45) is 0 Å². The van der Waals surface area contributed by atoms with Gasteiger partial charge in [0, 0.05) is 21.2 Å². The Labute approximate surface area is 202 Å². The molecule has 0 aliphatic carbocycles. The van der Waals surface area contributed by atoms with Crippen LogP contribution in [0.15, 0.2) is 77.6 Å². The lowest BCUT2D eigenvalue weighted by Gasteiger charge is -2.14. The van der Waals surface area contributed by atoms with Crippen molar-refractivity contribution >= 4 is 44.2 Å². The number of amides is 1. The maximum Gasteiger partial charge on any atom is 0.387 e. The molecule has 0 spiro atoms. The zero-order valence-electron chi connectivity index (χ0n) is 18.5. The van der Waals surface area contributed by atoms with Crippen molar-refractivity contribution in [1.29, 1.82) is 0 Å². The maximum absolute atomic E-state index is 13.0. The number of nitrogens with zero attached hydrogens (tertiary/aromatic N) is 2. The molecule has 0 saturated heterocycles. The molecule has 1 N–H and O–H groups in total. The fraction of sp³-hybridized carbons (Fsp3) is 0.115. The Balaban J connectivity index is 1.42. The Kier molecular flexibility index (Phi) is 6.00. The second-order valence-electron chi connectivity index (χ2n) is 7.82. The van der Waals surface area contributed by atoms with E-state index in [9.17, 15) is 18.4 Å². The van der Waals surface area contributed by atoms with Crippen molar-refractivity contribution < 1.29 is 18.3 Å². The first-order chi connectivity index (χ1) is 16.9. The third kappa shape index (κ3) is 4.50. The number of halogens is 2. The lowest BCUT2D eigenvalue weighted by atomic mass is 10.1. The Morgan fingerprint density at radius 2 is 1.60 bits per heavy atom. The number of hydrogen-bond donors (Lipinski definition) is 1. The third-order valence-corrected chi connectivity index (χ3v) is 6.46. The number of carbonyl (C=O) groups is 1. The topological polar surface area (TPSA) is 73.2 Å². The van der Waals surface area contributed by atoms with E-state index in [0.29, 0.717) is 32.6 Å². The summed E-state index contributed by atoms with van der Waals surface area (Å²) in [6, 6.07) is 20.6. The Hall–Kier alpha value is -4.11. The maximum atomic E-state index is 13.0. The first-order valence-electron chi connectivity index (χ1n) is 10.7. The molecule has 0 radical (unpaired) electrons. The molecule has 0 atom stereocenters. The minimum atomic E-state index is -2.89. The number of pyridine rings is 1. The number of fused-ring (bicyclic) bond motifs is 2. The van der Waals surface area contributed by atoms with Gasteiger partial charge in [0.2, 0.25) is 5.91 Å². The fourth-order valence-corrected chi connectivity index (χ4v) is 4.91. The van der Waals surface area contributed by atoms with Gasteiger partial charge >= 0.3 is 6.61 Å². The van der Waals surface area contributed by atoms with Gasteiger partial charge in [-0.2, -0.15) is 8.78 Å². The number of rotatable bonds is 6. The van der Waals surface area contributed by atoms with E-state index in [-0.39, 0.29) is 23.6 Å². The van der Waals surface area contributed by atoms with E-state index >= 15 is 0 Å². The third-order valence-electron chi connectivity index (χ3n) is 5.58. The van der Waals surface area contributed by atoms with E-state index in [1.165, 1.54) is 23.5 Å². The number of aryl methyl sites for hydroxylation is 1. The van der Waals surface area contributed by atoms with Crippen LogP contribution in [0.4, 0.5) is 13.9 Å². The van der Waals surface area contributed by atoms with E-state index in [0.717, 1.165) is 10.4 Å². The molecule has 5 rings (SSSR count). The molecule has 9 heteroatoms. The van der Waals surface area contributed by atoms with Crippen LogP contribution >= 0.6 is 11.3 Å². The zero-order chi connectivity index (χ0) is 24.5. The molecule has 0 fully saturated rings. The van der Waals surface area contributed by atoms with Gasteiger partial charge in [0.15, 0.2) is 10.6 Å². The van der Waals surface area contributed by atoms with Gasteiger partial charge in [-0.15, -0.1) is 11.3 Å². The molecule has 2 heterocycles. The van der Waals surface area contributed by atoms with Crippen molar-refractivity contribution in [1.82, 2.24) is 9.55 Å². The summed E-state index contributed by atoms with van der Waals surface area (Å²) in [6.45, 7) is -1.02. The largest absolute Gasteiger partial charge is 0.435 e. The van der Waals surface area contributed by atoms with E-state index < -0.39 is 6.61 Å². The van der Waals surface area contributed by atoms with Crippen molar-refractivity contribution in [3.8, 4) is 17.0 Å². The molecule has 3 aromatic carbocycles. The molecule has 0 bridgehead atoms. The number of ether oxygens (including phenoxy) is 1. The highest BCUT2D eigenvalue weighted by molar-refractivity contribution is 7.16. The molecule has 0 saturated carbocycles. The fourth-order valence-electron chi connectivity index (χ4n) is 4.06. The van der Waals surface area contributed by atoms with Crippen LogP contribution in [-0.4, -0.2) is 22.1 Å². The molecule has 35 heavy (non-hydrogen) atoms. The van der Waals surface area contributed by atoms with Crippen molar-refractivity contribution in [2.45, 2.75) is 20.1 Å². The number of hydrogen-bond acceptors (Lipinski definition) is 5. The highest BCUT2D eigenvalue weighted by Gasteiger charge is 2.16. The molecule has 1 amide bonds. The Morgan fingerprint density at radius 1 is 1.00 bits per heavy atom. The van der Waals surface area contributed by atoms with Crippen molar-refractivity contribution in [3.63, 3.8) is 0 Å². The van der Waals surface area contributed by atoms with Crippen LogP contribution in [-0.2, 0) is 11.3 Å². The second-order valence-corrected chi connectivity index (χ2v) is 9.03. The summed E-state index contributed by atoms with van der Waals surface area (Å²) < 4.78 is 31.0. The van der Waals surface area contributed by atoms with Gasteiger partial charge in [-0.25, -0.2) is 4.98 Å². The smallest absolute Gasteiger partial charge is 0.387 e. The van der Waals surface area contributed by atoms with Gasteiger partial charge in [-0.3, -0.25) is 9.59 Å². The first kappa shape index (κ1) is 22.7. The highest BCUT2D eigenvalue weighted by atomic mass is 32.1. The molecule has 0 aliphatic heterocycles. The lowest BCUT2D eigenvalue weighted by Crippen LogP contribution is -2.21. The predicted molar refractivity (Wildman–Crippen MR) is 133 cm³/mol.